The molecule has 1 N–H and O–H groups in total. The van der Waals surface area contributed by atoms with Gasteiger partial charge >= 0.3 is 0 Å². The van der Waals surface area contributed by atoms with Crippen LogP contribution in [0.1, 0.15) is 18.1 Å². The van der Waals surface area contributed by atoms with Crippen molar-refractivity contribution >= 4 is 23.6 Å². The average Bonchev–Trinajstić information content (AvgIpc) is 2.26. The molecular formula is C12H11ClN2O. The molecule has 16 heavy (non-hydrogen) atoms. The van der Waals surface area contributed by atoms with Gasteiger partial charge in [-0.2, -0.15) is 5.26 Å². The van der Waals surface area contributed by atoms with E-state index in [2.05, 4.69) is 5.32 Å². The zero-order valence-corrected chi connectivity index (χ0v) is 9.58. The van der Waals surface area contributed by atoms with Gasteiger partial charge in [0.25, 0.3) is 0 Å². The van der Waals surface area contributed by atoms with Gasteiger partial charge in [0.2, 0.25) is 5.91 Å². The summed E-state index contributed by atoms with van der Waals surface area (Å²) in [6.45, 7) is 1.93. The Morgan fingerprint density at radius 3 is 3.00 bits per heavy atom. The van der Waals surface area contributed by atoms with Gasteiger partial charge in [0.05, 0.1) is 10.6 Å². The van der Waals surface area contributed by atoms with Gasteiger partial charge in [0.1, 0.15) is 6.07 Å². The van der Waals surface area contributed by atoms with Crippen molar-refractivity contribution in [2.45, 2.75) is 6.92 Å². The lowest BCUT2D eigenvalue weighted by Crippen LogP contribution is -2.19. The monoisotopic (exact) mass is 234 g/mol. The highest BCUT2D eigenvalue weighted by atomic mass is 35.5. The summed E-state index contributed by atoms with van der Waals surface area (Å²) in [4.78, 5) is 10.6. The first kappa shape index (κ1) is 12.3. The Hall–Kier alpha value is -1.79. The Bertz CT molecular complexity index is 461. The van der Waals surface area contributed by atoms with Gasteiger partial charge in [-0.15, -0.1) is 0 Å². The van der Waals surface area contributed by atoms with Crippen LogP contribution in [-0.2, 0) is 4.79 Å². The topological polar surface area (TPSA) is 52.9 Å². The molecule has 4 heteroatoms. The third kappa shape index (κ3) is 3.76. The smallest absolute Gasteiger partial charge is 0.217 e. The van der Waals surface area contributed by atoms with Crippen LogP contribution in [0, 0.1) is 11.3 Å². The maximum absolute atomic E-state index is 10.6. The number of nitrogens with zero attached hydrogens (tertiary/aromatic N) is 1. The minimum Gasteiger partial charge on any atom is -0.353 e. The fourth-order valence-electron chi connectivity index (χ4n) is 1.13. The summed E-state index contributed by atoms with van der Waals surface area (Å²) in [6.07, 6.45) is 3.64. The molecule has 0 saturated heterocycles. The number of nitrogens with one attached hydrogen (secondary N) is 1. The van der Waals surface area contributed by atoms with E-state index < -0.39 is 0 Å². The molecule has 0 spiro atoms. The quantitative estimate of drug-likeness (QED) is 0.873. The summed E-state index contributed by atoms with van der Waals surface area (Å²) in [5.74, 6) is -0.0709. The summed E-state index contributed by atoms with van der Waals surface area (Å²) in [6, 6.07) is 7.20. The van der Waals surface area contributed by atoms with E-state index in [0.29, 0.717) is 17.1 Å². The number of carbonyl (C=O) groups excluding carboxylic acids is 1. The molecular weight excluding hydrogens is 224 g/mol. The van der Waals surface area contributed by atoms with Crippen molar-refractivity contribution < 1.29 is 4.79 Å². The van der Waals surface area contributed by atoms with Crippen LogP contribution < -0.4 is 5.32 Å². The molecule has 82 valence electrons. The van der Waals surface area contributed by atoms with Crippen LogP contribution >= 0.6 is 11.6 Å². The number of carbonyl (C=O) groups is 1. The van der Waals surface area contributed by atoms with Gasteiger partial charge in [-0.3, -0.25) is 4.79 Å². The van der Waals surface area contributed by atoms with E-state index in [1.807, 2.05) is 24.3 Å². The van der Waals surface area contributed by atoms with E-state index in [4.69, 9.17) is 16.9 Å². The van der Waals surface area contributed by atoms with Crippen LogP contribution in [0.3, 0.4) is 0 Å². The van der Waals surface area contributed by atoms with Crippen LogP contribution in [0.4, 0.5) is 0 Å². The summed E-state index contributed by atoms with van der Waals surface area (Å²) in [7, 11) is 0. The second-order valence-electron chi connectivity index (χ2n) is 3.19. The molecule has 0 bridgehead atoms. The molecule has 1 aromatic carbocycles. The predicted molar refractivity (Wildman–Crippen MR) is 63.9 cm³/mol. The second kappa shape index (κ2) is 5.94. The Morgan fingerprint density at radius 1 is 1.62 bits per heavy atom. The molecule has 0 saturated carbocycles. The Labute approximate surface area is 99.3 Å². The zero-order valence-electron chi connectivity index (χ0n) is 8.83. The highest BCUT2D eigenvalue weighted by Gasteiger charge is 1.98. The van der Waals surface area contributed by atoms with Gasteiger partial charge < -0.3 is 5.32 Å². The molecule has 0 heterocycles. The second-order valence-corrected chi connectivity index (χ2v) is 3.60. The zero-order chi connectivity index (χ0) is 12.0. The lowest BCUT2D eigenvalue weighted by molar-refractivity contribution is -0.118. The third-order valence-electron chi connectivity index (χ3n) is 1.89. The first-order chi connectivity index (χ1) is 7.63. The number of rotatable bonds is 3. The van der Waals surface area contributed by atoms with Crippen molar-refractivity contribution in [1.29, 1.82) is 5.26 Å². The van der Waals surface area contributed by atoms with Crippen LogP contribution in [0.2, 0.25) is 5.02 Å². The van der Waals surface area contributed by atoms with Gasteiger partial charge in [-0.05, 0) is 17.7 Å². The minimum atomic E-state index is -0.0709. The summed E-state index contributed by atoms with van der Waals surface area (Å²) < 4.78 is 0. The molecule has 0 radical (unpaired) electrons. The van der Waals surface area contributed by atoms with E-state index in [0.717, 1.165) is 5.56 Å². The number of hydrogen-bond acceptors (Lipinski definition) is 2. The molecule has 0 aliphatic rings. The molecule has 0 aromatic heterocycles. The standard InChI is InChI=1S/C12H11ClN2O/c1-9(16)15-6-2-3-10-4-5-12(13)11(7-10)8-14/h2-5,7H,6H2,1H3,(H,15,16). The molecule has 1 amide bonds. The summed E-state index contributed by atoms with van der Waals surface area (Å²) in [5, 5.41) is 11.9. The van der Waals surface area contributed by atoms with Crippen molar-refractivity contribution in [2.24, 2.45) is 0 Å². The van der Waals surface area contributed by atoms with Crippen LogP contribution in [0.25, 0.3) is 6.08 Å². The highest BCUT2D eigenvalue weighted by molar-refractivity contribution is 6.31. The number of benzene rings is 1. The molecule has 0 fully saturated rings. The first-order valence-corrected chi connectivity index (χ1v) is 5.12. The molecule has 0 aliphatic carbocycles. The fraction of sp³-hybridized carbons (Fsp3) is 0.167. The minimum absolute atomic E-state index is 0.0709. The van der Waals surface area contributed by atoms with Crippen molar-refractivity contribution in [3.63, 3.8) is 0 Å². The van der Waals surface area contributed by atoms with Crippen molar-refractivity contribution in [1.82, 2.24) is 5.32 Å². The van der Waals surface area contributed by atoms with Gasteiger partial charge in [0.15, 0.2) is 0 Å². The largest absolute Gasteiger partial charge is 0.353 e. The Morgan fingerprint density at radius 2 is 2.38 bits per heavy atom. The maximum Gasteiger partial charge on any atom is 0.217 e. The molecule has 0 unspecified atom stereocenters. The highest BCUT2D eigenvalue weighted by Crippen LogP contribution is 2.17. The number of hydrogen-bond donors (Lipinski definition) is 1. The summed E-state index contributed by atoms with van der Waals surface area (Å²) >= 11 is 5.80. The van der Waals surface area contributed by atoms with E-state index in [-0.39, 0.29) is 5.91 Å². The van der Waals surface area contributed by atoms with E-state index in [1.165, 1.54) is 6.92 Å². The van der Waals surface area contributed by atoms with Gasteiger partial charge in [-0.25, -0.2) is 0 Å². The molecule has 3 nitrogen and oxygen atoms in total. The molecule has 1 rings (SSSR count). The van der Waals surface area contributed by atoms with Crippen LogP contribution in [-0.4, -0.2) is 12.5 Å². The van der Waals surface area contributed by atoms with E-state index in [9.17, 15) is 4.79 Å². The van der Waals surface area contributed by atoms with Crippen molar-refractivity contribution in [3.05, 3.63) is 40.4 Å². The summed E-state index contributed by atoms with van der Waals surface area (Å²) in [5.41, 5.74) is 1.33. The van der Waals surface area contributed by atoms with E-state index in [1.54, 1.807) is 12.1 Å². The van der Waals surface area contributed by atoms with Crippen LogP contribution in [0.15, 0.2) is 24.3 Å². The Balaban J connectivity index is 2.68. The average molecular weight is 235 g/mol. The van der Waals surface area contributed by atoms with Gasteiger partial charge in [0, 0.05) is 13.5 Å². The lowest BCUT2D eigenvalue weighted by Gasteiger charge is -1.98. The molecule has 1 aromatic rings. The molecule has 0 aliphatic heterocycles. The SMILES string of the molecule is CC(=O)NCC=Cc1ccc(Cl)c(C#N)c1. The first-order valence-electron chi connectivity index (χ1n) is 4.74. The molecule has 0 atom stereocenters. The predicted octanol–water partition coefficient (Wildman–Crippen LogP) is 2.36. The van der Waals surface area contributed by atoms with Gasteiger partial charge in [-0.1, -0.05) is 29.8 Å². The number of amides is 1. The van der Waals surface area contributed by atoms with E-state index >= 15 is 0 Å². The fourth-order valence-corrected chi connectivity index (χ4v) is 1.29. The number of nitriles is 1. The Kier molecular flexibility index (Phi) is 4.56. The van der Waals surface area contributed by atoms with Crippen molar-refractivity contribution in [3.8, 4) is 6.07 Å². The maximum atomic E-state index is 10.6. The van der Waals surface area contributed by atoms with Crippen LogP contribution in [0.5, 0.6) is 0 Å². The number of halogens is 1. The lowest BCUT2D eigenvalue weighted by atomic mass is 10.1. The normalized spacial score (nSPS) is 10.1. The third-order valence-corrected chi connectivity index (χ3v) is 2.22. The van der Waals surface area contributed by atoms with Crippen molar-refractivity contribution in [2.75, 3.05) is 6.54 Å².